The van der Waals surface area contributed by atoms with Crippen LogP contribution in [-0.2, 0) is 4.79 Å². The van der Waals surface area contributed by atoms with Crippen molar-refractivity contribution in [3.8, 4) is 0 Å². The normalized spacial score (nSPS) is 14.6. The van der Waals surface area contributed by atoms with E-state index in [-0.39, 0.29) is 17.8 Å². The summed E-state index contributed by atoms with van der Waals surface area (Å²) in [5.74, 6) is -0.798. The molecule has 0 saturated heterocycles. The number of carbonyl (C=O) groups is 1. The number of rotatable bonds is 6. The van der Waals surface area contributed by atoms with Crippen molar-refractivity contribution < 1.29 is 9.90 Å². The molecule has 0 radical (unpaired) electrons. The van der Waals surface area contributed by atoms with Crippen LogP contribution in [0.1, 0.15) is 31.9 Å². The minimum atomic E-state index is -0.798. The second-order valence-electron chi connectivity index (χ2n) is 4.87. The first-order valence-corrected chi connectivity index (χ1v) is 7.27. The molecule has 2 N–H and O–H groups in total. The number of carboxylic acid groups (broad SMARTS) is 1. The van der Waals surface area contributed by atoms with E-state index < -0.39 is 5.97 Å². The van der Waals surface area contributed by atoms with Crippen LogP contribution >= 0.6 is 12.6 Å². The Kier molecular flexibility index (Phi) is 4.73. The first-order chi connectivity index (χ1) is 9.54. The molecule has 4 nitrogen and oxygen atoms in total. The SMILES string of the molecule is CCN(C(C)S)C(CC(=O)O)c1c[nH]c2ccccc12. The summed E-state index contributed by atoms with van der Waals surface area (Å²) in [6, 6.07) is 7.77. The molecule has 0 fully saturated rings. The van der Waals surface area contributed by atoms with Crippen LogP contribution in [0.5, 0.6) is 0 Å². The first kappa shape index (κ1) is 14.9. The molecule has 0 spiro atoms. The fraction of sp³-hybridized carbons (Fsp3) is 0.400. The molecule has 5 heteroatoms. The lowest BCUT2D eigenvalue weighted by Gasteiger charge is -2.32. The van der Waals surface area contributed by atoms with E-state index in [9.17, 15) is 9.90 Å². The molecule has 2 rings (SSSR count). The smallest absolute Gasteiger partial charge is 0.305 e. The zero-order valence-corrected chi connectivity index (χ0v) is 12.6. The summed E-state index contributed by atoms with van der Waals surface area (Å²) in [7, 11) is 0. The van der Waals surface area contributed by atoms with Gasteiger partial charge in [-0.2, -0.15) is 12.6 Å². The first-order valence-electron chi connectivity index (χ1n) is 6.76. The Balaban J connectivity index is 2.47. The average Bonchev–Trinajstić information content (AvgIpc) is 2.81. The van der Waals surface area contributed by atoms with Gasteiger partial charge >= 0.3 is 5.97 Å². The van der Waals surface area contributed by atoms with E-state index >= 15 is 0 Å². The lowest BCUT2D eigenvalue weighted by molar-refractivity contribution is -0.138. The highest BCUT2D eigenvalue weighted by atomic mass is 32.1. The molecule has 2 aromatic rings. The van der Waals surface area contributed by atoms with Gasteiger partial charge in [0.2, 0.25) is 0 Å². The van der Waals surface area contributed by atoms with Gasteiger partial charge in [-0.15, -0.1) is 0 Å². The Labute approximate surface area is 124 Å². The van der Waals surface area contributed by atoms with Crippen molar-refractivity contribution in [2.24, 2.45) is 0 Å². The second-order valence-corrected chi connectivity index (χ2v) is 5.61. The number of fused-ring (bicyclic) bond motifs is 1. The van der Waals surface area contributed by atoms with Crippen molar-refractivity contribution in [1.29, 1.82) is 0 Å². The predicted molar refractivity (Wildman–Crippen MR) is 84.1 cm³/mol. The van der Waals surface area contributed by atoms with E-state index in [1.54, 1.807) is 0 Å². The second kappa shape index (κ2) is 6.33. The maximum absolute atomic E-state index is 11.2. The molecule has 0 aliphatic carbocycles. The van der Waals surface area contributed by atoms with E-state index in [1.807, 2.05) is 44.3 Å². The van der Waals surface area contributed by atoms with Crippen molar-refractivity contribution >= 4 is 29.5 Å². The number of nitrogens with zero attached hydrogens (tertiary/aromatic N) is 1. The van der Waals surface area contributed by atoms with Gasteiger partial charge in [-0.3, -0.25) is 9.69 Å². The number of thiol groups is 1. The zero-order chi connectivity index (χ0) is 14.7. The van der Waals surface area contributed by atoms with E-state index in [2.05, 4.69) is 22.5 Å². The van der Waals surface area contributed by atoms with Crippen LogP contribution in [0.3, 0.4) is 0 Å². The van der Waals surface area contributed by atoms with E-state index in [0.29, 0.717) is 0 Å². The summed E-state index contributed by atoms with van der Waals surface area (Å²) in [6.45, 7) is 4.74. The third-order valence-electron chi connectivity index (χ3n) is 3.59. The highest BCUT2D eigenvalue weighted by molar-refractivity contribution is 7.80. The van der Waals surface area contributed by atoms with Gasteiger partial charge in [0.1, 0.15) is 0 Å². The predicted octanol–water partition coefficient (Wildman–Crippen LogP) is 3.28. The Bertz CT molecular complexity index is 594. The van der Waals surface area contributed by atoms with Crippen LogP contribution in [0.4, 0.5) is 0 Å². The molecule has 2 unspecified atom stereocenters. The van der Waals surface area contributed by atoms with Crippen LogP contribution in [0.2, 0.25) is 0 Å². The maximum Gasteiger partial charge on any atom is 0.305 e. The Morgan fingerprint density at radius 2 is 2.15 bits per heavy atom. The molecule has 0 aliphatic heterocycles. The number of carboxylic acids is 1. The molecule has 0 aliphatic rings. The number of para-hydroxylation sites is 1. The molecule has 108 valence electrons. The molecule has 1 aromatic carbocycles. The van der Waals surface area contributed by atoms with Crippen molar-refractivity contribution in [3.63, 3.8) is 0 Å². The number of benzene rings is 1. The van der Waals surface area contributed by atoms with Gasteiger partial charge in [0.25, 0.3) is 0 Å². The molecule has 0 bridgehead atoms. The van der Waals surface area contributed by atoms with Crippen LogP contribution in [-0.4, -0.2) is 32.9 Å². The quantitative estimate of drug-likeness (QED) is 0.565. The van der Waals surface area contributed by atoms with Gasteiger partial charge in [0, 0.05) is 23.1 Å². The number of hydrogen-bond acceptors (Lipinski definition) is 3. The Morgan fingerprint density at radius 3 is 2.75 bits per heavy atom. The average molecular weight is 292 g/mol. The van der Waals surface area contributed by atoms with Gasteiger partial charge in [0.15, 0.2) is 0 Å². The molecule has 1 heterocycles. The summed E-state index contributed by atoms with van der Waals surface area (Å²) in [4.78, 5) is 16.5. The van der Waals surface area contributed by atoms with Crippen molar-refractivity contribution in [1.82, 2.24) is 9.88 Å². The zero-order valence-electron chi connectivity index (χ0n) is 11.7. The van der Waals surface area contributed by atoms with E-state index in [4.69, 9.17) is 0 Å². The van der Waals surface area contributed by atoms with Crippen LogP contribution in [0.15, 0.2) is 30.5 Å². The Hall–Kier alpha value is -1.46. The van der Waals surface area contributed by atoms with Gasteiger partial charge in [0.05, 0.1) is 11.8 Å². The van der Waals surface area contributed by atoms with Gasteiger partial charge in [-0.1, -0.05) is 25.1 Å². The van der Waals surface area contributed by atoms with Crippen LogP contribution in [0, 0.1) is 0 Å². The fourth-order valence-corrected chi connectivity index (χ4v) is 3.01. The number of hydrogen-bond donors (Lipinski definition) is 3. The summed E-state index contributed by atoms with van der Waals surface area (Å²) in [6.07, 6.45) is 1.98. The lowest BCUT2D eigenvalue weighted by atomic mass is 10.0. The number of H-pyrrole nitrogens is 1. The van der Waals surface area contributed by atoms with Crippen molar-refractivity contribution in [2.45, 2.75) is 31.7 Å². The van der Waals surface area contributed by atoms with Gasteiger partial charge in [-0.25, -0.2) is 0 Å². The molecule has 0 saturated carbocycles. The van der Waals surface area contributed by atoms with Crippen molar-refractivity contribution in [3.05, 3.63) is 36.0 Å². The van der Waals surface area contributed by atoms with Gasteiger partial charge in [-0.05, 0) is 25.1 Å². The summed E-state index contributed by atoms with van der Waals surface area (Å²) in [5.41, 5.74) is 2.05. The minimum absolute atomic E-state index is 0.00184. The lowest BCUT2D eigenvalue weighted by Crippen LogP contribution is -2.34. The molecule has 2 atom stereocenters. The Morgan fingerprint density at radius 1 is 1.45 bits per heavy atom. The summed E-state index contributed by atoms with van der Waals surface area (Å²) < 4.78 is 0. The molecule has 1 aromatic heterocycles. The number of aromatic nitrogens is 1. The van der Waals surface area contributed by atoms with Crippen LogP contribution in [0.25, 0.3) is 10.9 Å². The van der Waals surface area contributed by atoms with E-state index in [0.717, 1.165) is 23.0 Å². The minimum Gasteiger partial charge on any atom is -0.481 e. The highest BCUT2D eigenvalue weighted by Crippen LogP contribution is 2.32. The van der Waals surface area contributed by atoms with Crippen molar-refractivity contribution in [2.75, 3.05) is 6.54 Å². The topological polar surface area (TPSA) is 56.3 Å². The number of aliphatic carboxylic acids is 1. The molecular weight excluding hydrogens is 272 g/mol. The van der Waals surface area contributed by atoms with Gasteiger partial charge < -0.3 is 10.1 Å². The van der Waals surface area contributed by atoms with Crippen LogP contribution < -0.4 is 0 Å². The highest BCUT2D eigenvalue weighted by Gasteiger charge is 2.26. The fourth-order valence-electron chi connectivity index (χ4n) is 2.69. The standard InChI is InChI=1S/C15H20N2O2S/c1-3-17(10(2)20)14(8-15(18)19)12-9-16-13-7-5-4-6-11(12)13/h4-7,9-10,14,16,20H,3,8H2,1-2H3,(H,18,19). The third-order valence-corrected chi connectivity index (χ3v) is 3.89. The molecular formula is C15H20N2O2S. The number of aromatic amines is 1. The third kappa shape index (κ3) is 2.99. The maximum atomic E-state index is 11.2. The molecule has 0 amide bonds. The number of nitrogens with one attached hydrogen (secondary N) is 1. The summed E-state index contributed by atoms with van der Waals surface area (Å²) in [5, 5.41) is 10.3. The summed E-state index contributed by atoms with van der Waals surface area (Å²) >= 11 is 4.48. The monoisotopic (exact) mass is 292 g/mol. The largest absolute Gasteiger partial charge is 0.481 e. The molecule has 20 heavy (non-hydrogen) atoms. The van der Waals surface area contributed by atoms with E-state index in [1.165, 1.54) is 0 Å².